The lowest BCUT2D eigenvalue weighted by Gasteiger charge is -2.41. The predicted octanol–water partition coefficient (Wildman–Crippen LogP) is 4.86. The summed E-state index contributed by atoms with van der Waals surface area (Å²) in [5.41, 5.74) is -2.77. The first-order valence-electron chi connectivity index (χ1n) is 12.1. The van der Waals surface area contributed by atoms with Gasteiger partial charge in [0.05, 0.1) is 34.2 Å². The first kappa shape index (κ1) is 27.3. The van der Waals surface area contributed by atoms with Gasteiger partial charge in [0.1, 0.15) is 0 Å². The molecule has 1 N–H and O–H groups in total. The fraction of sp³-hybridized carbons (Fsp3) is 0.560. The van der Waals surface area contributed by atoms with Crippen LogP contribution in [0, 0.1) is 13.8 Å². The van der Waals surface area contributed by atoms with Gasteiger partial charge in [0, 0.05) is 37.8 Å². The summed E-state index contributed by atoms with van der Waals surface area (Å²) in [4.78, 5) is 25.6. The van der Waals surface area contributed by atoms with Crippen molar-refractivity contribution in [3.05, 3.63) is 46.3 Å². The maximum absolute atomic E-state index is 13.3. The monoisotopic (exact) mass is 530 g/mol. The number of nitrogens with zero attached hydrogens (tertiary/aromatic N) is 4. The average molecular weight is 531 g/mol. The Labute approximate surface area is 210 Å². The molecule has 0 radical (unpaired) electrons. The second-order valence-electron chi connectivity index (χ2n) is 9.68. The number of carbonyl (C=O) groups is 1. The van der Waals surface area contributed by atoms with Crippen molar-refractivity contribution in [3.8, 4) is 11.4 Å². The molecule has 1 aromatic carbocycles. The van der Waals surface area contributed by atoms with Gasteiger partial charge < -0.3 is 14.9 Å². The van der Waals surface area contributed by atoms with Gasteiger partial charge in [0.25, 0.3) is 5.91 Å². The summed E-state index contributed by atoms with van der Waals surface area (Å²) < 4.78 is 79.7. The predicted molar refractivity (Wildman–Crippen MR) is 123 cm³/mol. The molecule has 12 heteroatoms. The SMILES string of the molecule is Cc1nc(-c2cc(C(F)(F)F)cc(C(F)(F)F)c2)nc(C)c1C(=O)N1CCC(N2CCC(O)CC2)CC1. The third-order valence-corrected chi connectivity index (χ3v) is 7.10. The zero-order valence-corrected chi connectivity index (χ0v) is 20.5. The number of carbonyl (C=O) groups excluding carboxylic acids is 1. The van der Waals surface area contributed by atoms with Crippen LogP contribution in [0.5, 0.6) is 0 Å². The van der Waals surface area contributed by atoms with Crippen molar-refractivity contribution in [2.75, 3.05) is 26.2 Å². The molecule has 1 amide bonds. The van der Waals surface area contributed by atoms with E-state index in [9.17, 15) is 36.2 Å². The average Bonchev–Trinajstić information content (AvgIpc) is 2.82. The number of halogens is 6. The van der Waals surface area contributed by atoms with Crippen molar-refractivity contribution >= 4 is 5.91 Å². The minimum absolute atomic E-state index is 0.0523. The van der Waals surface area contributed by atoms with E-state index in [0.29, 0.717) is 31.3 Å². The summed E-state index contributed by atoms with van der Waals surface area (Å²) in [6, 6.07) is 1.53. The van der Waals surface area contributed by atoms with Crippen LogP contribution >= 0.6 is 0 Å². The number of aromatic nitrogens is 2. The summed E-state index contributed by atoms with van der Waals surface area (Å²) in [5.74, 6) is -0.622. The number of hydrogen-bond acceptors (Lipinski definition) is 5. The van der Waals surface area contributed by atoms with Crippen LogP contribution in [0.25, 0.3) is 11.4 Å². The number of aliphatic hydroxyl groups excluding tert-OH is 1. The Bertz CT molecular complexity index is 1100. The van der Waals surface area contributed by atoms with Gasteiger partial charge >= 0.3 is 12.4 Å². The molecular formula is C25H28F6N4O2. The molecule has 2 saturated heterocycles. The van der Waals surface area contributed by atoms with Gasteiger partial charge in [-0.1, -0.05) is 0 Å². The molecule has 6 nitrogen and oxygen atoms in total. The van der Waals surface area contributed by atoms with Crippen LogP contribution in [0.1, 0.15) is 58.6 Å². The summed E-state index contributed by atoms with van der Waals surface area (Å²) >= 11 is 0. The molecule has 4 rings (SSSR count). The van der Waals surface area contributed by atoms with Gasteiger partial charge in [-0.15, -0.1) is 0 Å². The van der Waals surface area contributed by atoms with Crippen LogP contribution < -0.4 is 0 Å². The third kappa shape index (κ3) is 6.06. The fourth-order valence-electron chi connectivity index (χ4n) is 5.08. The number of aryl methyl sites for hydroxylation is 2. The minimum atomic E-state index is -4.99. The Morgan fingerprint density at radius 3 is 1.78 bits per heavy atom. The summed E-state index contributed by atoms with van der Waals surface area (Å²) in [6.45, 7) is 5.64. The number of hydrogen-bond donors (Lipinski definition) is 1. The Balaban J connectivity index is 1.55. The molecule has 0 unspecified atom stereocenters. The van der Waals surface area contributed by atoms with Crippen molar-refractivity contribution in [2.45, 2.75) is 64.0 Å². The first-order chi connectivity index (χ1) is 17.2. The van der Waals surface area contributed by atoms with Crippen LogP contribution in [0.3, 0.4) is 0 Å². The molecule has 0 saturated carbocycles. The van der Waals surface area contributed by atoms with Crippen LogP contribution in [-0.4, -0.2) is 69.1 Å². The molecule has 2 fully saturated rings. The molecule has 1 aromatic heterocycles. The number of alkyl halides is 6. The van der Waals surface area contributed by atoms with E-state index < -0.39 is 29.0 Å². The van der Waals surface area contributed by atoms with Gasteiger partial charge in [0.15, 0.2) is 5.82 Å². The number of aliphatic hydroxyl groups is 1. The fourth-order valence-corrected chi connectivity index (χ4v) is 5.08. The number of likely N-dealkylation sites (tertiary alicyclic amines) is 2. The van der Waals surface area contributed by atoms with Crippen molar-refractivity contribution in [1.82, 2.24) is 19.8 Å². The van der Waals surface area contributed by atoms with E-state index in [0.717, 1.165) is 38.8 Å². The Morgan fingerprint density at radius 2 is 1.32 bits per heavy atom. The maximum atomic E-state index is 13.3. The number of benzene rings is 1. The lowest BCUT2D eigenvalue weighted by atomic mass is 9.98. The second kappa shape index (κ2) is 10.2. The number of amides is 1. The number of piperidine rings is 2. The van der Waals surface area contributed by atoms with Crippen LogP contribution in [-0.2, 0) is 12.4 Å². The highest BCUT2D eigenvalue weighted by Gasteiger charge is 2.37. The Morgan fingerprint density at radius 1 is 0.838 bits per heavy atom. The smallest absolute Gasteiger partial charge is 0.393 e. The van der Waals surface area contributed by atoms with E-state index in [4.69, 9.17) is 0 Å². The number of rotatable bonds is 3. The molecule has 2 aromatic rings. The van der Waals surface area contributed by atoms with E-state index in [1.807, 2.05) is 0 Å². The third-order valence-electron chi connectivity index (χ3n) is 7.10. The normalized spacial score (nSPS) is 18.9. The van der Waals surface area contributed by atoms with Gasteiger partial charge in [0.2, 0.25) is 0 Å². The highest BCUT2D eigenvalue weighted by molar-refractivity contribution is 5.96. The zero-order chi connectivity index (χ0) is 27.1. The van der Waals surface area contributed by atoms with E-state index in [-0.39, 0.29) is 40.9 Å². The van der Waals surface area contributed by atoms with Gasteiger partial charge in [-0.25, -0.2) is 9.97 Å². The van der Waals surface area contributed by atoms with Gasteiger partial charge in [-0.2, -0.15) is 26.3 Å². The van der Waals surface area contributed by atoms with Crippen LogP contribution in [0.2, 0.25) is 0 Å². The lowest BCUT2D eigenvalue weighted by molar-refractivity contribution is -0.143. The van der Waals surface area contributed by atoms with Crippen LogP contribution in [0.4, 0.5) is 26.3 Å². The zero-order valence-electron chi connectivity index (χ0n) is 20.5. The lowest BCUT2D eigenvalue weighted by Crippen LogP contribution is -2.49. The van der Waals surface area contributed by atoms with E-state index >= 15 is 0 Å². The molecule has 0 atom stereocenters. The molecule has 0 bridgehead atoms. The molecule has 3 heterocycles. The summed E-state index contributed by atoms with van der Waals surface area (Å²) in [7, 11) is 0. The first-order valence-corrected chi connectivity index (χ1v) is 12.1. The molecule has 0 aliphatic carbocycles. The highest BCUT2D eigenvalue weighted by Crippen LogP contribution is 2.38. The second-order valence-corrected chi connectivity index (χ2v) is 9.68. The Hall–Kier alpha value is -2.73. The maximum Gasteiger partial charge on any atom is 0.416 e. The van der Waals surface area contributed by atoms with Crippen molar-refractivity contribution < 1.29 is 36.2 Å². The molecule has 37 heavy (non-hydrogen) atoms. The topological polar surface area (TPSA) is 69.6 Å². The molecule has 202 valence electrons. The van der Waals surface area contributed by atoms with Crippen molar-refractivity contribution in [1.29, 1.82) is 0 Å². The van der Waals surface area contributed by atoms with E-state index in [2.05, 4.69) is 14.9 Å². The van der Waals surface area contributed by atoms with Crippen LogP contribution in [0.15, 0.2) is 18.2 Å². The van der Waals surface area contributed by atoms with E-state index in [1.165, 1.54) is 13.8 Å². The summed E-state index contributed by atoms with van der Waals surface area (Å²) in [5, 5.41) is 9.72. The Kier molecular flexibility index (Phi) is 7.53. The van der Waals surface area contributed by atoms with Gasteiger partial charge in [-0.3, -0.25) is 4.79 Å². The molecular weight excluding hydrogens is 502 g/mol. The molecule has 0 spiro atoms. The quantitative estimate of drug-likeness (QED) is 0.575. The summed E-state index contributed by atoms with van der Waals surface area (Å²) in [6.07, 6.45) is -7.24. The van der Waals surface area contributed by atoms with E-state index in [1.54, 1.807) is 4.90 Å². The largest absolute Gasteiger partial charge is 0.416 e. The standard InChI is InChI=1S/C25H28F6N4O2/c1-14-21(23(37)35-7-3-19(4-8-35)34-9-5-20(36)6-10-34)15(2)33-22(32-14)16-11-17(24(26,27)28)13-18(12-16)25(29,30)31/h11-13,19-20,36H,3-10H2,1-2H3. The molecule has 2 aliphatic rings. The van der Waals surface area contributed by atoms with Crippen molar-refractivity contribution in [3.63, 3.8) is 0 Å². The van der Waals surface area contributed by atoms with Gasteiger partial charge in [-0.05, 0) is 57.7 Å². The minimum Gasteiger partial charge on any atom is -0.393 e. The van der Waals surface area contributed by atoms with Crippen molar-refractivity contribution in [2.24, 2.45) is 0 Å². The highest BCUT2D eigenvalue weighted by atomic mass is 19.4. The molecule has 2 aliphatic heterocycles.